The molecule has 0 fully saturated rings. The van der Waals surface area contributed by atoms with Crippen molar-refractivity contribution < 1.29 is 0 Å². The number of fused-ring (bicyclic) bond motifs is 12. The number of hydrogen-bond acceptors (Lipinski definition) is 1. The Labute approximate surface area is 435 Å². The highest BCUT2D eigenvalue weighted by atomic mass is 15.2. The van der Waals surface area contributed by atoms with E-state index in [9.17, 15) is 0 Å². The van der Waals surface area contributed by atoms with E-state index >= 15 is 0 Å². The van der Waals surface area contributed by atoms with Crippen LogP contribution in [0.1, 0.15) is 0 Å². The number of anilines is 3. The monoisotopic (exact) mass is 952 g/mol. The minimum Gasteiger partial charge on any atom is -0.311 e. The highest BCUT2D eigenvalue weighted by Gasteiger charge is 2.45. The number of aromatic nitrogens is 3. The van der Waals surface area contributed by atoms with Gasteiger partial charge in [-0.25, -0.2) is 0 Å². The van der Waals surface area contributed by atoms with Crippen molar-refractivity contribution in [2.75, 3.05) is 4.90 Å². The van der Waals surface area contributed by atoms with Crippen LogP contribution < -0.4 is 21.3 Å². The van der Waals surface area contributed by atoms with Crippen molar-refractivity contribution in [3.05, 3.63) is 273 Å². The Bertz CT molecular complexity index is 4530. The molecular weight excluding hydrogens is 908 g/mol. The van der Waals surface area contributed by atoms with Crippen LogP contribution in [0.3, 0.4) is 0 Å². The number of benzene rings is 11. The first-order chi connectivity index (χ1) is 37.2. The first-order valence-electron chi connectivity index (χ1n) is 26.0. The number of para-hydroxylation sites is 3. The number of nitrogens with zero attached hydrogens (tertiary/aromatic N) is 4. The van der Waals surface area contributed by atoms with Crippen LogP contribution in [0.4, 0.5) is 17.1 Å². The third-order valence-electron chi connectivity index (χ3n) is 15.9. The molecule has 0 amide bonds. The van der Waals surface area contributed by atoms with Crippen LogP contribution in [0, 0.1) is 0 Å². The van der Waals surface area contributed by atoms with E-state index in [4.69, 9.17) is 0 Å². The van der Waals surface area contributed by atoms with E-state index in [1.165, 1.54) is 105 Å². The van der Waals surface area contributed by atoms with Gasteiger partial charge in [-0.15, -0.1) is 0 Å². The molecule has 75 heavy (non-hydrogen) atoms. The Morgan fingerprint density at radius 1 is 0.267 bits per heavy atom. The summed E-state index contributed by atoms with van der Waals surface area (Å²) in [6.07, 6.45) is 0. The predicted octanol–water partition coefficient (Wildman–Crippen LogP) is 15.9. The summed E-state index contributed by atoms with van der Waals surface area (Å²) in [7, 11) is 0. The van der Waals surface area contributed by atoms with Gasteiger partial charge in [0.05, 0.1) is 16.6 Å². The van der Waals surface area contributed by atoms with Crippen LogP contribution in [0.25, 0.3) is 106 Å². The Morgan fingerprint density at radius 2 is 0.733 bits per heavy atom. The first-order valence-corrected chi connectivity index (χ1v) is 26.0. The molecule has 0 bridgehead atoms. The average molecular weight is 953 g/mol. The van der Waals surface area contributed by atoms with Gasteiger partial charge in [-0.2, -0.15) is 0 Å². The van der Waals surface area contributed by atoms with Gasteiger partial charge in [-0.05, 0) is 150 Å². The van der Waals surface area contributed by atoms with Crippen molar-refractivity contribution >= 4 is 78.8 Å². The fraction of sp³-hybridized carbons (Fsp3) is 0. The smallest absolute Gasteiger partial charge is 0.255 e. The minimum absolute atomic E-state index is 0.0631. The molecule has 14 aromatic rings. The van der Waals surface area contributed by atoms with Gasteiger partial charge in [0.15, 0.2) is 0 Å². The molecule has 3 aromatic heterocycles. The molecule has 4 nitrogen and oxygen atoms in total. The second kappa shape index (κ2) is 16.3. The Morgan fingerprint density at radius 3 is 1.37 bits per heavy atom. The lowest BCUT2D eigenvalue weighted by atomic mass is 9.34. The van der Waals surface area contributed by atoms with Crippen LogP contribution in [-0.4, -0.2) is 20.2 Å². The number of rotatable bonds is 7. The Balaban J connectivity index is 1.06. The zero-order valence-electron chi connectivity index (χ0n) is 40.8. The average Bonchev–Trinajstić information content (AvgIpc) is 4.13. The zero-order chi connectivity index (χ0) is 49.1. The number of imidazole rings is 1. The molecule has 5 heteroatoms. The summed E-state index contributed by atoms with van der Waals surface area (Å²) in [5.74, 6) is 0. The van der Waals surface area contributed by atoms with E-state index in [-0.39, 0.29) is 6.71 Å². The molecule has 0 atom stereocenters. The summed E-state index contributed by atoms with van der Waals surface area (Å²) in [6, 6.07) is 101. The zero-order valence-corrected chi connectivity index (χ0v) is 40.8. The molecule has 16 rings (SSSR count). The van der Waals surface area contributed by atoms with Gasteiger partial charge in [0.2, 0.25) is 0 Å². The fourth-order valence-corrected chi connectivity index (χ4v) is 12.8. The maximum Gasteiger partial charge on any atom is 0.255 e. The highest BCUT2D eigenvalue weighted by molar-refractivity contribution is 7.01. The third kappa shape index (κ3) is 6.25. The van der Waals surface area contributed by atoms with Crippen molar-refractivity contribution in [3.63, 3.8) is 0 Å². The van der Waals surface area contributed by atoms with E-state index in [0.29, 0.717) is 0 Å². The standard InChI is InChI=1S/C70H45BN4/c1-5-21-46(22-6-1)50-29-19-31-56(42-50)72-63-38-18-15-35-60(63)71-66-58-33-13-16-36-61(58)75-69(66)74(68-59-34-14-17-37-62(59)73(70(68)75)57-32-20-30-51(43-57)47-23-7-2-8-24-47)65-45-55(44-64(72)67(65)71)54-40-52(48-25-9-3-10-26-48)39-53(41-54)49-27-11-4-12-28-49/h1-45H. The first kappa shape index (κ1) is 41.7. The van der Waals surface area contributed by atoms with Crippen LogP contribution in [-0.2, 0) is 0 Å². The molecule has 0 unspecified atom stereocenters. The quantitative estimate of drug-likeness (QED) is 0.146. The van der Waals surface area contributed by atoms with Gasteiger partial charge in [-0.3, -0.25) is 13.5 Å². The van der Waals surface area contributed by atoms with Crippen molar-refractivity contribution in [3.8, 4) is 67.0 Å². The summed E-state index contributed by atoms with van der Waals surface area (Å²) < 4.78 is 7.76. The summed E-state index contributed by atoms with van der Waals surface area (Å²) in [4.78, 5) is 2.55. The second-order valence-electron chi connectivity index (χ2n) is 20.1. The second-order valence-corrected chi connectivity index (χ2v) is 20.1. The van der Waals surface area contributed by atoms with Crippen molar-refractivity contribution in [2.45, 2.75) is 0 Å². The molecule has 2 aliphatic heterocycles. The Hall–Kier alpha value is -9.84. The molecule has 0 saturated heterocycles. The van der Waals surface area contributed by atoms with E-state index < -0.39 is 0 Å². The van der Waals surface area contributed by atoms with Gasteiger partial charge >= 0.3 is 0 Å². The third-order valence-corrected chi connectivity index (χ3v) is 15.9. The van der Waals surface area contributed by atoms with E-state index in [0.717, 1.165) is 33.7 Å². The lowest BCUT2D eigenvalue weighted by Crippen LogP contribution is -2.60. The van der Waals surface area contributed by atoms with E-state index in [1.807, 2.05) is 0 Å². The van der Waals surface area contributed by atoms with Crippen molar-refractivity contribution in [2.24, 2.45) is 0 Å². The fourth-order valence-electron chi connectivity index (χ4n) is 12.8. The Kier molecular flexibility index (Phi) is 9.10. The molecule has 0 radical (unpaired) electrons. The summed E-state index contributed by atoms with van der Waals surface area (Å²) in [5.41, 5.74) is 27.4. The predicted molar refractivity (Wildman–Crippen MR) is 315 cm³/mol. The number of hydrogen-bond donors (Lipinski definition) is 0. The summed E-state index contributed by atoms with van der Waals surface area (Å²) in [5, 5.41) is 2.47. The molecule has 5 heterocycles. The molecule has 0 spiro atoms. The SMILES string of the molecule is c1ccc(-c2cc(-c3ccccc3)cc(-c3cc4c5c(c3)-n3c6c7ccccc7n(-c7cccc(-c8ccccc8)c7)c6n6c7ccccc7c(c36)B5c3ccccc3N4c3cccc(-c4ccccc4)c3)c2)cc1. The van der Waals surface area contributed by atoms with Gasteiger partial charge in [-0.1, -0.05) is 200 Å². The molecule has 0 saturated carbocycles. The maximum atomic E-state index is 2.65. The molecule has 2 aliphatic rings. The molecule has 0 aliphatic carbocycles. The van der Waals surface area contributed by atoms with Gasteiger partial charge in [0.1, 0.15) is 11.3 Å². The van der Waals surface area contributed by atoms with Crippen LogP contribution in [0.5, 0.6) is 0 Å². The van der Waals surface area contributed by atoms with Gasteiger partial charge < -0.3 is 4.90 Å². The van der Waals surface area contributed by atoms with Crippen molar-refractivity contribution in [1.82, 2.24) is 13.5 Å². The normalized spacial score (nSPS) is 12.5. The maximum absolute atomic E-state index is 2.65. The summed E-state index contributed by atoms with van der Waals surface area (Å²) in [6.45, 7) is -0.0631. The van der Waals surface area contributed by atoms with E-state index in [1.54, 1.807) is 0 Å². The molecule has 11 aromatic carbocycles. The molecular formula is C70H45BN4. The van der Waals surface area contributed by atoms with Crippen LogP contribution >= 0.6 is 0 Å². The van der Waals surface area contributed by atoms with Crippen LogP contribution in [0.15, 0.2) is 273 Å². The lowest BCUT2D eigenvalue weighted by molar-refractivity contribution is 1.11. The van der Waals surface area contributed by atoms with Crippen LogP contribution in [0.2, 0.25) is 0 Å². The topological polar surface area (TPSA) is 17.5 Å². The highest BCUT2D eigenvalue weighted by Crippen LogP contribution is 2.47. The molecule has 0 N–H and O–H groups in total. The van der Waals surface area contributed by atoms with Gasteiger partial charge in [0, 0.05) is 33.8 Å². The van der Waals surface area contributed by atoms with E-state index in [2.05, 4.69) is 291 Å². The minimum atomic E-state index is -0.0631. The van der Waals surface area contributed by atoms with Crippen molar-refractivity contribution in [1.29, 1.82) is 0 Å². The molecule has 348 valence electrons. The summed E-state index contributed by atoms with van der Waals surface area (Å²) >= 11 is 0. The largest absolute Gasteiger partial charge is 0.311 e. The van der Waals surface area contributed by atoms with Gasteiger partial charge in [0.25, 0.3) is 6.71 Å². The lowest BCUT2D eigenvalue weighted by Gasteiger charge is -2.40.